The van der Waals surface area contributed by atoms with Gasteiger partial charge in [0.05, 0.1) is 0 Å². The molecule has 6 aliphatic carbocycles. The lowest BCUT2D eigenvalue weighted by molar-refractivity contribution is -0.177. The molecule has 6 aliphatic rings. The van der Waals surface area contributed by atoms with Gasteiger partial charge in [-0.1, -0.05) is 82.3 Å². The summed E-state index contributed by atoms with van der Waals surface area (Å²) in [5.41, 5.74) is 1.98. The van der Waals surface area contributed by atoms with Crippen molar-refractivity contribution >= 4 is 63.6 Å². The molecule has 8 rings (SSSR count). The van der Waals surface area contributed by atoms with Crippen molar-refractivity contribution in [3.8, 4) is 0 Å². The predicted molar refractivity (Wildman–Crippen MR) is 196 cm³/mol. The topological polar surface area (TPSA) is 55.9 Å². The lowest BCUT2D eigenvalue weighted by Gasteiger charge is -2.70. The minimum Gasteiger partial charge on any atom is -0.385 e. The van der Waals surface area contributed by atoms with Crippen molar-refractivity contribution in [1.29, 1.82) is 0 Å². The maximum absolute atomic E-state index is 10.3. The van der Waals surface area contributed by atoms with Crippen LogP contribution in [0.3, 0.4) is 0 Å². The summed E-state index contributed by atoms with van der Waals surface area (Å²) in [4.78, 5) is 9.30. The molecule has 6 fully saturated rings. The number of imidazole rings is 2. The van der Waals surface area contributed by atoms with Crippen LogP contribution in [-0.2, 0) is 11.1 Å². The summed E-state index contributed by atoms with van der Waals surface area (Å²) < 4.78 is 6.93. The van der Waals surface area contributed by atoms with Gasteiger partial charge in [-0.05, 0) is 111 Å². The van der Waals surface area contributed by atoms with Crippen LogP contribution in [0.15, 0.2) is 12.4 Å². The van der Waals surface area contributed by atoms with E-state index < -0.39 is 13.5 Å². The van der Waals surface area contributed by atoms with Gasteiger partial charge in [-0.25, -0.2) is 9.97 Å². The first kappa shape index (κ1) is 35.2. The van der Waals surface area contributed by atoms with Crippen LogP contribution in [0.4, 0.5) is 0 Å². The van der Waals surface area contributed by atoms with E-state index >= 15 is 0 Å². The van der Waals surface area contributed by atoms with Gasteiger partial charge in [0.25, 0.3) is 0 Å². The monoisotopic (exact) mass is 840 g/mol. The highest BCUT2D eigenvalue weighted by molar-refractivity contribution is 14.1. The van der Waals surface area contributed by atoms with Crippen molar-refractivity contribution in [3.05, 3.63) is 31.4 Å². The van der Waals surface area contributed by atoms with Gasteiger partial charge in [0, 0.05) is 29.4 Å². The zero-order chi connectivity index (χ0) is 31.8. The van der Waals surface area contributed by atoms with Gasteiger partial charge in [0.1, 0.15) is 25.2 Å². The van der Waals surface area contributed by atoms with Crippen LogP contribution < -0.4 is 0 Å². The molecule has 0 saturated heterocycles. The zero-order valence-electron chi connectivity index (χ0n) is 28.1. The molecule has 2 unspecified atom stereocenters. The molecular weight excluding hydrogens is 786 g/mol. The first-order valence-corrected chi connectivity index (χ1v) is 22.0. The Balaban J connectivity index is 0.000000155. The Hall–Kier alpha value is 0.347. The molecule has 238 valence electrons. The molecule has 0 aromatic carbocycles. The van der Waals surface area contributed by atoms with Crippen LogP contribution in [0.25, 0.3) is 0 Å². The molecule has 0 spiro atoms. The molecule has 2 atom stereocenters. The van der Waals surface area contributed by atoms with Gasteiger partial charge in [0.2, 0.25) is 0 Å². The number of nitrogens with zero attached hydrogens (tertiary/aromatic N) is 4. The maximum Gasteiger partial charge on any atom is 0.155 e. The normalized spacial score (nSPS) is 32.3. The second-order valence-electron chi connectivity index (χ2n) is 17.2. The van der Waals surface area contributed by atoms with Gasteiger partial charge in [-0.2, -0.15) is 11.1 Å². The fraction of sp³-hybridized carbons (Fsp3) is 0.818. The van der Waals surface area contributed by atoms with E-state index in [9.17, 15) is 5.11 Å². The predicted octanol–water partition coefficient (Wildman–Crippen LogP) is 10.5. The SMILES string of the molecule is CC(C)(C)[Si](C)(C)Cl.CC(C)C(C)c1nc(I)cn1C12CC(C)(C1)C2.CC(C)C(O)c1nc(I)cn1C12CC(C)(C1)C2. The smallest absolute Gasteiger partial charge is 0.155 e. The molecule has 0 aliphatic heterocycles. The molecule has 4 bridgehead atoms. The number of hydrogen-bond donors (Lipinski definition) is 1. The van der Waals surface area contributed by atoms with E-state index in [1.165, 1.54) is 44.3 Å². The fourth-order valence-electron chi connectivity index (χ4n) is 7.58. The Kier molecular flexibility index (Phi) is 9.68. The first-order valence-electron chi connectivity index (χ1n) is 15.8. The van der Waals surface area contributed by atoms with Gasteiger partial charge < -0.3 is 14.2 Å². The highest BCUT2D eigenvalue weighted by Gasteiger charge is 2.67. The van der Waals surface area contributed by atoms with Gasteiger partial charge in [0.15, 0.2) is 7.38 Å². The molecule has 9 heteroatoms. The van der Waals surface area contributed by atoms with Gasteiger partial charge in [-0.3, -0.25) is 0 Å². The number of aliphatic hydroxyl groups is 1. The van der Waals surface area contributed by atoms with E-state index in [0.717, 1.165) is 13.2 Å². The van der Waals surface area contributed by atoms with Crippen LogP contribution >= 0.6 is 56.3 Å². The molecule has 42 heavy (non-hydrogen) atoms. The molecule has 1 N–H and O–H groups in total. The summed E-state index contributed by atoms with van der Waals surface area (Å²) in [5, 5.41) is 10.6. The molecule has 2 aromatic heterocycles. The van der Waals surface area contributed by atoms with Crippen molar-refractivity contribution in [2.45, 2.75) is 149 Å². The van der Waals surface area contributed by atoms with E-state index in [4.69, 9.17) is 16.1 Å². The van der Waals surface area contributed by atoms with Crippen LogP contribution in [-0.4, -0.2) is 31.6 Å². The van der Waals surface area contributed by atoms with Crippen molar-refractivity contribution in [3.63, 3.8) is 0 Å². The fourth-order valence-corrected chi connectivity index (χ4v) is 8.63. The number of rotatable bonds is 6. The standard InChI is InChI=1S/C14H21IN2.C13H19IN2O.C6H15ClSi/c1-9(2)10(3)12-16-11(15)5-17(12)14-6-13(4,7-14)8-14;1-8(2)10(17)11-15-9(14)4-16(11)13-5-12(3,6-13)7-13;1-6(2,3)8(4,5)7/h5,9-10H,6-8H2,1-4H3;4,8,10,17H,5-7H2,1-3H3;1-5H3. The van der Waals surface area contributed by atoms with Crippen LogP contribution in [0.2, 0.25) is 18.1 Å². The number of aromatic nitrogens is 4. The Bertz CT molecular complexity index is 1150. The van der Waals surface area contributed by atoms with Crippen LogP contribution in [0.5, 0.6) is 0 Å². The maximum atomic E-state index is 10.3. The largest absolute Gasteiger partial charge is 0.385 e. The van der Waals surface area contributed by atoms with Gasteiger partial charge in [-0.15, -0.1) is 0 Å². The highest BCUT2D eigenvalue weighted by Crippen LogP contribution is 2.72. The average molecular weight is 841 g/mol. The third-order valence-corrected chi connectivity index (χ3v) is 17.4. The summed E-state index contributed by atoms with van der Waals surface area (Å²) in [7, 11) is -1.39. The molecule has 0 radical (unpaired) electrons. The highest BCUT2D eigenvalue weighted by atomic mass is 127. The summed E-state index contributed by atoms with van der Waals surface area (Å²) >= 11 is 10.7. The minimum atomic E-state index is -1.39. The average Bonchev–Trinajstić information content (AvgIpc) is 3.34. The lowest BCUT2D eigenvalue weighted by Crippen LogP contribution is -2.66. The van der Waals surface area contributed by atoms with Crippen LogP contribution in [0, 0.1) is 30.1 Å². The first-order chi connectivity index (χ1) is 19.0. The van der Waals surface area contributed by atoms with E-state index in [-0.39, 0.29) is 11.5 Å². The quantitative estimate of drug-likeness (QED) is 0.179. The number of hydrogen-bond acceptors (Lipinski definition) is 3. The molecule has 2 heterocycles. The summed E-state index contributed by atoms with van der Waals surface area (Å²) in [6.07, 6.45) is 11.8. The second-order valence-corrected chi connectivity index (χ2v) is 26.6. The Morgan fingerprint density at radius 3 is 1.40 bits per heavy atom. The Morgan fingerprint density at radius 1 is 0.786 bits per heavy atom. The van der Waals surface area contributed by atoms with E-state index in [0.29, 0.717) is 33.2 Å². The Morgan fingerprint density at radius 2 is 1.12 bits per heavy atom. The second kappa shape index (κ2) is 11.5. The summed E-state index contributed by atoms with van der Waals surface area (Å²) in [5.74, 6) is 3.61. The Labute approximate surface area is 288 Å². The summed E-state index contributed by atoms with van der Waals surface area (Å²) in [6.45, 7) is 26.7. The van der Waals surface area contributed by atoms with Crippen molar-refractivity contribution in [2.24, 2.45) is 22.7 Å². The van der Waals surface area contributed by atoms with Crippen molar-refractivity contribution in [2.75, 3.05) is 0 Å². The van der Waals surface area contributed by atoms with E-state index in [1.54, 1.807) is 0 Å². The van der Waals surface area contributed by atoms with Crippen molar-refractivity contribution < 1.29 is 5.11 Å². The van der Waals surface area contributed by atoms with Crippen LogP contribution in [0.1, 0.15) is 131 Å². The van der Waals surface area contributed by atoms with E-state index in [2.05, 4.69) is 140 Å². The van der Waals surface area contributed by atoms with Crippen molar-refractivity contribution in [1.82, 2.24) is 19.1 Å². The lowest BCUT2D eigenvalue weighted by atomic mass is 9.40. The van der Waals surface area contributed by atoms with E-state index in [1.807, 2.05) is 13.8 Å². The molecule has 0 amide bonds. The van der Waals surface area contributed by atoms with Gasteiger partial charge >= 0.3 is 0 Å². The minimum absolute atomic E-state index is 0.217. The third-order valence-electron chi connectivity index (χ3n) is 11.1. The number of halogens is 3. The summed E-state index contributed by atoms with van der Waals surface area (Å²) in [6, 6.07) is 0. The molecule has 2 aromatic rings. The third kappa shape index (κ3) is 6.59. The molecule has 5 nitrogen and oxygen atoms in total. The molecular formula is C33H55ClI2N4OSi. The zero-order valence-corrected chi connectivity index (χ0v) is 34.1. The molecule has 6 saturated carbocycles. The number of aliphatic hydroxyl groups excluding tert-OH is 1.